The maximum atomic E-state index is 13.9. The average molecular weight is 298 g/mol. The quantitative estimate of drug-likeness (QED) is 0.820. The first-order valence-corrected chi connectivity index (χ1v) is 7.14. The maximum Gasteiger partial charge on any atom is 0.340 e. The van der Waals surface area contributed by atoms with Gasteiger partial charge in [0.1, 0.15) is 0 Å². The first-order valence-electron chi connectivity index (χ1n) is 7.14. The molecule has 1 aromatic carbocycles. The summed E-state index contributed by atoms with van der Waals surface area (Å²) < 4.78 is 32.0. The van der Waals surface area contributed by atoms with E-state index in [0.29, 0.717) is 12.5 Å². The number of esters is 1. The van der Waals surface area contributed by atoms with Gasteiger partial charge in [-0.3, -0.25) is 0 Å². The van der Waals surface area contributed by atoms with Crippen LogP contribution in [-0.2, 0) is 4.74 Å². The second kappa shape index (κ2) is 7.36. The van der Waals surface area contributed by atoms with E-state index in [1.54, 1.807) is 0 Å². The van der Waals surface area contributed by atoms with Crippen molar-refractivity contribution in [1.29, 1.82) is 0 Å². The molecule has 0 aliphatic carbocycles. The largest absolute Gasteiger partial charge is 0.465 e. The van der Waals surface area contributed by atoms with Gasteiger partial charge in [-0.2, -0.15) is 0 Å². The SMILES string of the molecule is COC(=O)c1ccc(NCCC2CCCNC2)c(F)c1F. The molecule has 1 heterocycles. The van der Waals surface area contributed by atoms with E-state index in [0.717, 1.165) is 39.5 Å². The zero-order valence-electron chi connectivity index (χ0n) is 12.0. The van der Waals surface area contributed by atoms with Crippen molar-refractivity contribution in [3.05, 3.63) is 29.3 Å². The van der Waals surface area contributed by atoms with Gasteiger partial charge in [0.25, 0.3) is 0 Å². The highest BCUT2D eigenvalue weighted by atomic mass is 19.2. The lowest BCUT2D eigenvalue weighted by Crippen LogP contribution is -2.30. The summed E-state index contributed by atoms with van der Waals surface area (Å²) in [4.78, 5) is 11.3. The van der Waals surface area contributed by atoms with Crippen molar-refractivity contribution in [3.63, 3.8) is 0 Å². The van der Waals surface area contributed by atoms with Gasteiger partial charge in [-0.15, -0.1) is 0 Å². The molecule has 0 radical (unpaired) electrons. The number of nitrogens with one attached hydrogen (secondary N) is 2. The molecule has 0 spiro atoms. The predicted octanol–water partition coefficient (Wildman–Crippen LogP) is 2.55. The van der Waals surface area contributed by atoms with Gasteiger partial charge in [-0.1, -0.05) is 0 Å². The Balaban J connectivity index is 1.94. The highest BCUT2D eigenvalue weighted by molar-refractivity contribution is 5.90. The molecule has 2 rings (SSSR count). The lowest BCUT2D eigenvalue weighted by atomic mass is 9.96. The van der Waals surface area contributed by atoms with Crippen molar-refractivity contribution in [2.75, 3.05) is 32.1 Å². The lowest BCUT2D eigenvalue weighted by Gasteiger charge is -2.22. The molecule has 1 aliphatic rings. The molecule has 0 saturated carbocycles. The average Bonchev–Trinajstić information content (AvgIpc) is 2.52. The van der Waals surface area contributed by atoms with Gasteiger partial charge >= 0.3 is 5.97 Å². The first-order chi connectivity index (χ1) is 10.1. The summed E-state index contributed by atoms with van der Waals surface area (Å²) in [5, 5.41) is 6.21. The van der Waals surface area contributed by atoms with Crippen LogP contribution in [-0.4, -0.2) is 32.7 Å². The Morgan fingerprint density at radius 2 is 2.24 bits per heavy atom. The van der Waals surface area contributed by atoms with Crippen LogP contribution in [0, 0.1) is 17.6 Å². The number of benzene rings is 1. The summed E-state index contributed by atoms with van der Waals surface area (Å²) in [7, 11) is 1.13. The number of carbonyl (C=O) groups excluding carboxylic acids is 1. The molecule has 1 aromatic rings. The minimum Gasteiger partial charge on any atom is -0.465 e. The van der Waals surface area contributed by atoms with Gasteiger partial charge in [0.15, 0.2) is 11.6 Å². The van der Waals surface area contributed by atoms with E-state index < -0.39 is 23.2 Å². The number of methoxy groups -OCH3 is 1. The number of rotatable bonds is 5. The standard InChI is InChI=1S/C15H20F2N2O2/c1-21-15(20)11-4-5-12(14(17)13(11)16)19-8-6-10-3-2-7-18-9-10/h4-5,10,18-19H,2-3,6-9H2,1H3. The fraction of sp³-hybridized carbons (Fsp3) is 0.533. The summed E-state index contributed by atoms with van der Waals surface area (Å²) >= 11 is 0. The van der Waals surface area contributed by atoms with Gasteiger partial charge < -0.3 is 15.4 Å². The number of ether oxygens (including phenoxy) is 1. The van der Waals surface area contributed by atoms with Crippen molar-refractivity contribution < 1.29 is 18.3 Å². The van der Waals surface area contributed by atoms with Gasteiger partial charge in [-0.25, -0.2) is 13.6 Å². The topological polar surface area (TPSA) is 50.4 Å². The van der Waals surface area contributed by atoms with E-state index >= 15 is 0 Å². The Morgan fingerprint density at radius 1 is 1.43 bits per heavy atom. The van der Waals surface area contributed by atoms with Crippen LogP contribution in [0.25, 0.3) is 0 Å². The van der Waals surface area contributed by atoms with E-state index in [1.165, 1.54) is 12.1 Å². The number of piperidine rings is 1. The molecule has 1 unspecified atom stereocenters. The zero-order valence-corrected chi connectivity index (χ0v) is 12.0. The summed E-state index contributed by atoms with van der Waals surface area (Å²) in [6.07, 6.45) is 3.21. The highest BCUT2D eigenvalue weighted by Crippen LogP contribution is 2.22. The zero-order chi connectivity index (χ0) is 15.2. The van der Waals surface area contributed by atoms with Crippen LogP contribution in [0.4, 0.5) is 14.5 Å². The van der Waals surface area contributed by atoms with Crippen LogP contribution < -0.4 is 10.6 Å². The van der Waals surface area contributed by atoms with Gasteiger partial charge in [0.2, 0.25) is 0 Å². The Morgan fingerprint density at radius 3 is 2.90 bits per heavy atom. The van der Waals surface area contributed by atoms with E-state index in [2.05, 4.69) is 15.4 Å². The summed E-state index contributed by atoms with van der Waals surface area (Å²) in [6, 6.07) is 2.60. The molecule has 116 valence electrons. The summed E-state index contributed by atoms with van der Waals surface area (Å²) in [5.41, 5.74) is -0.319. The monoisotopic (exact) mass is 298 g/mol. The molecule has 1 aliphatic heterocycles. The van der Waals surface area contributed by atoms with Crippen molar-refractivity contribution in [2.45, 2.75) is 19.3 Å². The van der Waals surface area contributed by atoms with Crippen molar-refractivity contribution in [1.82, 2.24) is 5.32 Å². The third-order valence-electron chi connectivity index (χ3n) is 3.75. The lowest BCUT2D eigenvalue weighted by molar-refractivity contribution is 0.0594. The van der Waals surface area contributed by atoms with E-state index in [1.807, 2.05) is 0 Å². The van der Waals surface area contributed by atoms with Crippen LogP contribution in [0.2, 0.25) is 0 Å². The van der Waals surface area contributed by atoms with Crippen molar-refractivity contribution in [3.8, 4) is 0 Å². The molecule has 0 aromatic heterocycles. The van der Waals surface area contributed by atoms with Gasteiger partial charge in [0, 0.05) is 6.54 Å². The Kier molecular flexibility index (Phi) is 5.50. The van der Waals surface area contributed by atoms with E-state index in [9.17, 15) is 13.6 Å². The number of carbonyl (C=O) groups is 1. The molecule has 21 heavy (non-hydrogen) atoms. The van der Waals surface area contributed by atoms with E-state index in [4.69, 9.17) is 0 Å². The minimum absolute atomic E-state index is 0.0731. The summed E-state index contributed by atoms with van der Waals surface area (Å²) in [5.74, 6) is -2.54. The number of halogens is 2. The van der Waals surface area contributed by atoms with E-state index in [-0.39, 0.29) is 5.69 Å². The van der Waals surface area contributed by atoms with Crippen LogP contribution in [0.3, 0.4) is 0 Å². The molecule has 1 saturated heterocycles. The van der Waals surface area contributed by atoms with Crippen LogP contribution >= 0.6 is 0 Å². The van der Waals surface area contributed by atoms with Gasteiger partial charge in [-0.05, 0) is 50.4 Å². The van der Waals surface area contributed by atoms with Crippen LogP contribution in [0.15, 0.2) is 12.1 Å². The molecule has 0 bridgehead atoms. The molecule has 4 nitrogen and oxygen atoms in total. The molecule has 2 N–H and O–H groups in total. The van der Waals surface area contributed by atoms with Gasteiger partial charge in [0.05, 0.1) is 18.4 Å². The predicted molar refractivity (Wildman–Crippen MR) is 76.4 cm³/mol. The third kappa shape index (κ3) is 3.91. The summed E-state index contributed by atoms with van der Waals surface area (Å²) in [6.45, 7) is 2.60. The molecule has 1 atom stereocenters. The smallest absolute Gasteiger partial charge is 0.340 e. The fourth-order valence-electron chi connectivity index (χ4n) is 2.53. The number of hydrogen-bond acceptors (Lipinski definition) is 4. The second-order valence-electron chi connectivity index (χ2n) is 5.21. The Bertz CT molecular complexity index is 503. The normalized spacial score (nSPS) is 18.3. The van der Waals surface area contributed by atoms with Crippen molar-refractivity contribution in [2.24, 2.45) is 5.92 Å². The molecule has 0 amide bonds. The molecule has 1 fully saturated rings. The van der Waals surface area contributed by atoms with Crippen LogP contribution in [0.1, 0.15) is 29.6 Å². The Labute approximate surface area is 122 Å². The molecular formula is C15H20F2N2O2. The number of hydrogen-bond donors (Lipinski definition) is 2. The Hall–Kier alpha value is -1.69. The van der Waals surface area contributed by atoms with Crippen molar-refractivity contribution >= 4 is 11.7 Å². The number of anilines is 1. The maximum absolute atomic E-state index is 13.9. The van der Waals surface area contributed by atoms with Crippen LogP contribution in [0.5, 0.6) is 0 Å². The fourth-order valence-corrected chi connectivity index (χ4v) is 2.53. The third-order valence-corrected chi connectivity index (χ3v) is 3.75. The molecular weight excluding hydrogens is 278 g/mol. The highest BCUT2D eigenvalue weighted by Gasteiger charge is 2.19. The first kappa shape index (κ1) is 15.7. The second-order valence-corrected chi connectivity index (χ2v) is 5.21. The minimum atomic E-state index is -1.17. The molecule has 6 heteroatoms.